The van der Waals surface area contributed by atoms with E-state index in [1.54, 1.807) is 22.9 Å². The van der Waals surface area contributed by atoms with Crippen LogP contribution in [0, 0.1) is 0 Å². The average Bonchev–Trinajstić information content (AvgIpc) is 3.05. The first-order valence-electron chi connectivity index (χ1n) is 7.58. The number of hydrogen-bond acceptors (Lipinski definition) is 6. The molecule has 24 heavy (non-hydrogen) atoms. The third-order valence-corrected chi connectivity index (χ3v) is 5.20. The Balaban J connectivity index is 1.96. The largest absolute Gasteiger partial charge is 0.329 e. The summed E-state index contributed by atoms with van der Waals surface area (Å²) in [4.78, 5) is 20.1. The molecule has 1 aliphatic heterocycles. The summed E-state index contributed by atoms with van der Waals surface area (Å²) in [6.07, 6.45) is 3.58. The molecule has 8 heteroatoms. The van der Waals surface area contributed by atoms with E-state index in [1.165, 1.54) is 0 Å². The van der Waals surface area contributed by atoms with Gasteiger partial charge in [-0.1, -0.05) is 11.8 Å². The second-order valence-electron chi connectivity index (χ2n) is 5.42. The van der Waals surface area contributed by atoms with Crippen LogP contribution in [-0.2, 0) is 4.79 Å². The number of anilines is 1. The van der Waals surface area contributed by atoms with Gasteiger partial charge in [-0.15, -0.1) is 0 Å². The molecule has 0 radical (unpaired) electrons. The van der Waals surface area contributed by atoms with Crippen molar-refractivity contribution in [2.75, 3.05) is 24.5 Å². The van der Waals surface area contributed by atoms with Crippen LogP contribution in [0.5, 0.6) is 0 Å². The number of aromatic nitrogens is 3. The zero-order valence-electron chi connectivity index (χ0n) is 12.8. The molecule has 1 aromatic carbocycles. The van der Waals surface area contributed by atoms with Crippen molar-refractivity contribution in [2.45, 2.75) is 9.79 Å². The number of nitrogens with two attached hydrogens (primary N) is 2. The molecule has 122 valence electrons. The monoisotopic (exact) mass is 340 g/mol. The molecule has 5 N–H and O–H groups in total. The maximum Gasteiger partial charge on any atom is 0.240 e. The average molecular weight is 340 g/mol. The number of benzene rings is 1. The first-order chi connectivity index (χ1) is 11.7. The van der Waals surface area contributed by atoms with E-state index < -0.39 is 0 Å². The van der Waals surface area contributed by atoms with E-state index >= 15 is 0 Å². The molecule has 4 rings (SSSR count). The van der Waals surface area contributed by atoms with Gasteiger partial charge in [-0.2, -0.15) is 5.10 Å². The second kappa shape index (κ2) is 5.90. The van der Waals surface area contributed by atoms with Crippen molar-refractivity contribution in [2.24, 2.45) is 11.5 Å². The van der Waals surface area contributed by atoms with Crippen molar-refractivity contribution < 1.29 is 4.79 Å². The molecule has 0 spiro atoms. The fraction of sp³-hybridized carbons (Fsp3) is 0.188. The van der Waals surface area contributed by atoms with Gasteiger partial charge in [0.25, 0.3) is 0 Å². The van der Waals surface area contributed by atoms with E-state index in [4.69, 9.17) is 11.5 Å². The zero-order valence-corrected chi connectivity index (χ0v) is 13.6. The number of nitrogens with zero attached hydrogens (tertiary/aromatic N) is 3. The molecule has 0 atom stereocenters. The number of hydrogen-bond donors (Lipinski definition) is 3. The maximum atomic E-state index is 12.3. The standard InChI is InChI=1S/C16H16N6OS/c17-4-6-22(13(23)7-18)11-2-1-10-14-15(21-20-10)9-3-5-19-8-12(9)24-16(11)14/h1-3,5,8H,4,6-7,17-18H2,(H,20,21). The number of rotatable bonds is 4. The highest BCUT2D eigenvalue weighted by Gasteiger charge is 2.27. The molecule has 2 aromatic heterocycles. The zero-order chi connectivity index (χ0) is 16.7. The number of aromatic amines is 1. The smallest absolute Gasteiger partial charge is 0.240 e. The van der Waals surface area contributed by atoms with Gasteiger partial charge in [0.1, 0.15) is 5.69 Å². The van der Waals surface area contributed by atoms with Crippen molar-refractivity contribution in [1.82, 2.24) is 15.2 Å². The van der Waals surface area contributed by atoms with E-state index in [1.807, 2.05) is 24.4 Å². The lowest BCUT2D eigenvalue weighted by molar-refractivity contribution is -0.117. The molecular formula is C16H16N6OS. The summed E-state index contributed by atoms with van der Waals surface area (Å²) in [5.74, 6) is -0.154. The first kappa shape index (κ1) is 15.1. The SMILES string of the molecule is NCCN(C(=O)CN)c1ccc2[nH]nc3c2c1Sc1cnccc1-3. The second-order valence-corrected chi connectivity index (χ2v) is 6.47. The van der Waals surface area contributed by atoms with Crippen LogP contribution in [0.1, 0.15) is 0 Å². The Hall–Kier alpha value is -2.42. The summed E-state index contributed by atoms with van der Waals surface area (Å²) in [5, 5.41) is 8.54. The van der Waals surface area contributed by atoms with Gasteiger partial charge < -0.3 is 16.4 Å². The van der Waals surface area contributed by atoms with Gasteiger partial charge in [0.15, 0.2) is 0 Å². The first-order valence-corrected chi connectivity index (χ1v) is 8.40. The molecule has 3 aromatic rings. The van der Waals surface area contributed by atoms with Crippen LogP contribution in [0.15, 0.2) is 40.4 Å². The molecule has 0 fully saturated rings. The fourth-order valence-electron chi connectivity index (χ4n) is 2.97. The van der Waals surface area contributed by atoms with Crippen molar-refractivity contribution in [3.63, 3.8) is 0 Å². The highest BCUT2D eigenvalue weighted by molar-refractivity contribution is 8.00. The predicted octanol–water partition coefficient (Wildman–Crippen LogP) is 1.34. The van der Waals surface area contributed by atoms with Gasteiger partial charge in [-0.05, 0) is 18.2 Å². The van der Waals surface area contributed by atoms with Crippen LogP contribution < -0.4 is 16.4 Å². The van der Waals surface area contributed by atoms with Crippen molar-refractivity contribution in [3.8, 4) is 11.3 Å². The lowest BCUT2D eigenvalue weighted by Gasteiger charge is -2.26. The lowest BCUT2D eigenvalue weighted by atomic mass is 10.1. The number of fused-ring (bicyclic) bond motifs is 2. The van der Waals surface area contributed by atoms with Gasteiger partial charge in [0.2, 0.25) is 5.91 Å². The Labute approximate surface area is 142 Å². The Kier molecular flexibility index (Phi) is 3.72. The van der Waals surface area contributed by atoms with E-state index in [0.29, 0.717) is 13.1 Å². The topological polar surface area (TPSA) is 114 Å². The third-order valence-electron chi connectivity index (χ3n) is 4.03. The summed E-state index contributed by atoms with van der Waals surface area (Å²) in [5.41, 5.74) is 14.9. The van der Waals surface area contributed by atoms with Crippen LogP contribution in [0.4, 0.5) is 5.69 Å². The Morgan fingerprint density at radius 3 is 2.96 bits per heavy atom. The molecule has 0 unspecified atom stereocenters. The molecule has 7 nitrogen and oxygen atoms in total. The third kappa shape index (κ3) is 2.19. The van der Waals surface area contributed by atoms with Crippen LogP contribution >= 0.6 is 11.8 Å². The predicted molar refractivity (Wildman–Crippen MR) is 93.9 cm³/mol. The summed E-state index contributed by atoms with van der Waals surface area (Å²) in [7, 11) is 0. The molecule has 0 saturated heterocycles. The fourth-order valence-corrected chi connectivity index (χ4v) is 4.17. The van der Waals surface area contributed by atoms with Crippen LogP contribution in [0.25, 0.3) is 22.2 Å². The number of carbonyl (C=O) groups excluding carboxylic acids is 1. The van der Waals surface area contributed by atoms with Crippen LogP contribution in [0.2, 0.25) is 0 Å². The number of nitrogens with one attached hydrogen (secondary N) is 1. The van der Waals surface area contributed by atoms with Crippen molar-refractivity contribution in [1.29, 1.82) is 0 Å². The number of carbonyl (C=O) groups is 1. The van der Waals surface area contributed by atoms with Gasteiger partial charge in [-0.3, -0.25) is 14.9 Å². The number of H-pyrrole nitrogens is 1. The Bertz CT molecular complexity index is 937. The summed E-state index contributed by atoms with van der Waals surface area (Å²) < 4.78 is 0. The molecule has 0 saturated carbocycles. The van der Waals surface area contributed by atoms with E-state index in [0.717, 1.165) is 37.6 Å². The molecule has 0 bridgehead atoms. The van der Waals surface area contributed by atoms with Gasteiger partial charge in [-0.25, -0.2) is 0 Å². The Morgan fingerprint density at radius 1 is 1.29 bits per heavy atom. The van der Waals surface area contributed by atoms with E-state index in [9.17, 15) is 4.79 Å². The highest BCUT2D eigenvalue weighted by Crippen LogP contribution is 2.50. The number of amides is 1. The molecule has 1 amide bonds. The molecule has 0 aliphatic carbocycles. The van der Waals surface area contributed by atoms with Crippen LogP contribution in [0.3, 0.4) is 0 Å². The normalized spacial score (nSPS) is 12.2. The highest BCUT2D eigenvalue weighted by atomic mass is 32.2. The molecule has 1 aliphatic rings. The van der Waals surface area contributed by atoms with E-state index in [-0.39, 0.29) is 12.5 Å². The van der Waals surface area contributed by atoms with Crippen molar-refractivity contribution in [3.05, 3.63) is 30.6 Å². The Morgan fingerprint density at radius 2 is 2.17 bits per heavy atom. The van der Waals surface area contributed by atoms with Crippen LogP contribution in [-0.4, -0.2) is 40.7 Å². The van der Waals surface area contributed by atoms with Gasteiger partial charge >= 0.3 is 0 Å². The maximum absolute atomic E-state index is 12.3. The molecular weight excluding hydrogens is 324 g/mol. The minimum atomic E-state index is -0.154. The quantitative estimate of drug-likeness (QED) is 0.516. The summed E-state index contributed by atoms with van der Waals surface area (Å²) in [6, 6.07) is 5.80. The minimum Gasteiger partial charge on any atom is -0.329 e. The molecule has 3 heterocycles. The number of pyridine rings is 1. The minimum absolute atomic E-state index is 0.0570. The van der Waals surface area contributed by atoms with Crippen molar-refractivity contribution >= 4 is 34.3 Å². The van der Waals surface area contributed by atoms with Gasteiger partial charge in [0, 0.05) is 46.2 Å². The van der Waals surface area contributed by atoms with E-state index in [2.05, 4.69) is 15.2 Å². The summed E-state index contributed by atoms with van der Waals surface area (Å²) >= 11 is 1.59. The summed E-state index contributed by atoms with van der Waals surface area (Å²) in [6.45, 7) is 0.727. The van der Waals surface area contributed by atoms with Gasteiger partial charge in [0.05, 0.1) is 17.7 Å². The lowest BCUT2D eigenvalue weighted by Crippen LogP contribution is -2.39.